The standard InChI is InChI=1S/C32H39N3O5S/c1-24-10-9-13-27(20-24)21-34(25(2)32(37)33-28-14-7-8-15-28)31(36)22-35(41(3,38)39)29-16-18-30(19-17-29)40-23-26-11-5-4-6-12-26/h4-6,9-13,16-20,25,28H,7-8,14-15,21-23H2,1-3H3,(H,33,37)/t25-/m1/s1. The maximum Gasteiger partial charge on any atom is 0.244 e. The fourth-order valence-electron chi connectivity index (χ4n) is 5.04. The topological polar surface area (TPSA) is 96.0 Å². The van der Waals surface area contributed by atoms with E-state index < -0.39 is 28.5 Å². The third kappa shape index (κ3) is 8.57. The van der Waals surface area contributed by atoms with Crippen LogP contribution in [0.5, 0.6) is 5.75 Å². The van der Waals surface area contributed by atoms with Gasteiger partial charge in [0.2, 0.25) is 21.8 Å². The number of carbonyl (C=O) groups excluding carboxylic acids is 2. The molecule has 1 atom stereocenters. The SMILES string of the molecule is Cc1cccc(CN(C(=O)CN(c2ccc(OCc3ccccc3)cc2)S(C)(=O)=O)[C@H](C)C(=O)NC2CCCC2)c1. The van der Waals surface area contributed by atoms with Gasteiger partial charge in [0.25, 0.3) is 0 Å². The molecular formula is C32H39N3O5S. The maximum atomic E-state index is 13.8. The van der Waals surface area contributed by atoms with Gasteiger partial charge >= 0.3 is 0 Å². The van der Waals surface area contributed by atoms with Crippen molar-refractivity contribution in [2.75, 3.05) is 17.1 Å². The molecule has 0 heterocycles. The predicted octanol–water partition coefficient (Wildman–Crippen LogP) is 4.82. The number of anilines is 1. The number of rotatable bonds is 12. The van der Waals surface area contributed by atoms with Crippen LogP contribution in [-0.4, -0.2) is 50.0 Å². The average molecular weight is 578 g/mol. The number of nitrogens with one attached hydrogen (secondary N) is 1. The normalized spacial score (nSPS) is 14.3. The van der Waals surface area contributed by atoms with E-state index >= 15 is 0 Å². The van der Waals surface area contributed by atoms with E-state index in [9.17, 15) is 18.0 Å². The first-order chi connectivity index (χ1) is 19.6. The molecule has 4 rings (SSSR count). The molecule has 0 radical (unpaired) electrons. The van der Waals surface area contributed by atoms with Gasteiger partial charge in [0.05, 0.1) is 11.9 Å². The monoisotopic (exact) mass is 577 g/mol. The molecule has 1 aliphatic carbocycles. The van der Waals surface area contributed by atoms with Gasteiger partial charge in [-0.3, -0.25) is 13.9 Å². The van der Waals surface area contributed by atoms with Gasteiger partial charge in [0.15, 0.2) is 0 Å². The molecule has 1 aliphatic rings. The van der Waals surface area contributed by atoms with Crippen molar-refractivity contribution >= 4 is 27.5 Å². The van der Waals surface area contributed by atoms with Crippen molar-refractivity contribution in [3.63, 3.8) is 0 Å². The number of amides is 2. The van der Waals surface area contributed by atoms with Crippen LogP contribution in [0.2, 0.25) is 0 Å². The molecule has 218 valence electrons. The van der Waals surface area contributed by atoms with Gasteiger partial charge in [-0.25, -0.2) is 8.42 Å². The van der Waals surface area contributed by atoms with Gasteiger partial charge < -0.3 is 15.0 Å². The maximum absolute atomic E-state index is 13.8. The number of nitrogens with zero attached hydrogens (tertiary/aromatic N) is 2. The smallest absolute Gasteiger partial charge is 0.244 e. The number of ether oxygens (including phenoxy) is 1. The van der Waals surface area contributed by atoms with Crippen LogP contribution in [0.3, 0.4) is 0 Å². The largest absolute Gasteiger partial charge is 0.489 e. The van der Waals surface area contributed by atoms with Crippen molar-refractivity contribution in [3.05, 3.63) is 95.6 Å². The quantitative estimate of drug-likeness (QED) is 0.333. The third-order valence-corrected chi connectivity index (χ3v) is 8.50. The summed E-state index contributed by atoms with van der Waals surface area (Å²) in [7, 11) is -3.81. The van der Waals surface area contributed by atoms with Crippen molar-refractivity contribution in [1.82, 2.24) is 10.2 Å². The molecule has 0 spiro atoms. The second-order valence-corrected chi connectivity index (χ2v) is 12.6. The molecule has 3 aromatic carbocycles. The zero-order chi connectivity index (χ0) is 29.4. The molecule has 3 aromatic rings. The number of carbonyl (C=O) groups is 2. The lowest BCUT2D eigenvalue weighted by molar-refractivity contribution is -0.139. The first-order valence-corrected chi connectivity index (χ1v) is 15.8. The minimum atomic E-state index is -3.81. The molecule has 0 aromatic heterocycles. The molecule has 8 nitrogen and oxygen atoms in total. The van der Waals surface area contributed by atoms with Gasteiger partial charge in [-0.2, -0.15) is 0 Å². The highest BCUT2D eigenvalue weighted by Crippen LogP contribution is 2.24. The van der Waals surface area contributed by atoms with Gasteiger partial charge in [-0.1, -0.05) is 73.0 Å². The summed E-state index contributed by atoms with van der Waals surface area (Å²) in [6, 6.07) is 23.4. The number of hydrogen-bond acceptors (Lipinski definition) is 5. The van der Waals surface area contributed by atoms with E-state index in [4.69, 9.17) is 4.74 Å². The summed E-state index contributed by atoms with van der Waals surface area (Å²) in [5.41, 5.74) is 3.25. The van der Waals surface area contributed by atoms with Crippen LogP contribution < -0.4 is 14.4 Å². The van der Waals surface area contributed by atoms with Gasteiger partial charge in [-0.15, -0.1) is 0 Å². The van der Waals surface area contributed by atoms with E-state index in [1.54, 1.807) is 31.2 Å². The van der Waals surface area contributed by atoms with Crippen LogP contribution in [0.4, 0.5) is 5.69 Å². The zero-order valence-corrected chi connectivity index (χ0v) is 24.8. The Bertz CT molecular complexity index is 1420. The molecule has 0 aliphatic heterocycles. The first kappa shape index (κ1) is 30.1. The van der Waals surface area contributed by atoms with Gasteiger partial charge in [0, 0.05) is 12.6 Å². The molecule has 1 N–H and O–H groups in total. The Balaban J connectivity index is 1.52. The number of benzene rings is 3. The van der Waals surface area contributed by atoms with Gasteiger partial charge in [0.1, 0.15) is 24.9 Å². The second-order valence-electron chi connectivity index (χ2n) is 10.7. The van der Waals surface area contributed by atoms with Crippen molar-refractivity contribution in [2.45, 2.75) is 64.8 Å². The summed E-state index contributed by atoms with van der Waals surface area (Å²) in [4.78, 5) is 28.5. The molecule has 0 saturated heterocycles. The van der Waals surface area contributed by atoms with Crippen LogP contribution in [0.15, 0.2) is 78.9 Å². The van der Waals surface area contributed by atoms with Crippen molar-refractivity contribution in [2.24, 2.45) is 0 Å². The molecule has 0 bridgehead atoms. The molecule has 9 heteroatoms. The summed E-state index contributed by atoms with van der Waals surface area (Å²) in [6.07, 6.45) is 5.07. The van der Waals surface area contributed by atoms with E-state index in [0.717, 1.165) is 52.9 Å². The Labute approximate surface area is 243 Å². The highest BCUT2D eigenvalue weighted by molar-refractivity contribution is 7.92. The summed E-state index contributed by atoms with van der Waals surface area (Å²) in [6.45, 7) is 3.79. The highest BCUT2D eigenvalue weighted by atomic mass is 32.2. The molecular weight excluding hydrogens is 538 g/mol. The van der Waals surface area contributed by atoms with Crippen molar-refractivity contribution in [1.29, 1.82) is 0 Å². The van der Waals surface area contributed by atoms with Gasteiger partial charge in [-0.05, 0) is 62.1 Å². The molecule has 41 heavy (non-hydrogen) atoms. The number of hydrogen-bond donors (Lipinski definition) is 1. The fraction of sp³-hybridized carbons (Fsp3) is 0.375. The van der Waals surface area contributed by atoms with Crippen molar-refractivity contribution in [3.8, 4) is 5.75 Å². The minimum Gasteiger partial charge on any atom is -0.489 e. The lowest BCUT2D eigenvalue weighted by atomic mass is 10.1. The summed E-state index contributed by atoms with van der Waals surface area (Å²) in [5.74, 6) is -0.116. The highest BCUT2D eigenvalue weighted by Gasteiger charge is 2.31. The van der Waals surface area contributed by atoms with E-state index in [1.807, 2.05) is 61.5 Å². The summed E-state index contributed by atoms with van der Waals surface area (Å²) < 4.78 is 32.6. The Hall–Kier alpha value is -3.85. The Morgan fingerprint density at radius 1 is 0.951 bits per heavy atom. The lowest BCUT2D eigenvalue weighted by Gasteiger charge is -2.32. The molecule has 1 saturated carbocycles. The minimum absolute atomic E-state index is 0.107. The average Bonchev–Trinajstić information content (AvgIpc) is 3.46. The molecule has 0 unspecified atom stereocenters. The zero-order valence-electron chi connectivity index (χ0n) is 24.0. The fourth-order valence-corrected chi connectivity index (χ4v) is 5.89. The predicted molar refractivity (Wildman–Crippen MR) is 161 cm³/mol. The van der Waals surface area contributed by atoms with E-state index in [1.165, 1.54) is 4.90 Å². The number of sulfonamides is 1. The van der Waals surface area contributed by atoms with Crippen LogP contribution in [0.25, 0.3) is 0 Å². The summed E-state index contributed by atoms with van der Waals surface area (Å²) >= 11 is 0. The first-order valence-electron chi connectivity index (χ1n) is 14.0. The van der Waals surface area contributed by atoms with Crippen LogP contribution >= 0.6 is 0 Å². The number of aryl methyl sites for hydroxylation is 1. The Kier molecular flexibility index (Phi) is 10.0. The van der Waals surface area contributed by atoms with Crippen LogP contribution in [0.1, 0.15) is 49.3 Å². The van der Waals surface area contributed by atoms with Crippen LogP contribution in [0, 0.1) is 6.92 Å². The molecule has 2 amide bonds. The van der Waals surface area contributed by atoms with Crippen LogP contribution in [-0.2, 0) is 32.8 Å². The third-order valence-electron chi connectivity index (χ3n) is 7.36. The second kappa shape index (κ2) is 13.7. The molecule has 1 fully saturated rings. The van der Waals surface area contributed by atoms with E-state index in [-0.39, 0.29) is 18.5 Å². The Morgan fingerprint density at radius 2 is 1.61 bits per heavy atom. The van der Waals surface area contributed by atoms with E-state index in [2.05, 4.69) is 5.32 Å². The summed E-state index contributed by atoms with van der Waals surface area (Å²) in [5, 5.41) is 3.08. The van der Waals surface area contributed by atoms with E-state index in [0.29, 0.717) is 18.0 Å². The van der Waals surface area contributed by atoms with Crippen molar-refractivity contribution < 1.29 is 22.7 Å². The Morgan fingerprint density at radius 3 is 2.24 bits per heavy atom. The lowest BCUT2D eigenvalue weighted by Crippen LogP contribution is -2.52.